The van der Waals surface area contributed by atoms with Crippen LogP contribution in [0.5, 0.6) is 0 Å². The zero-order chi connectivity index (χ0) is 20.9. The van der Waals surface area contributed by atoms with Gasteiger partial charge in [-0.1, -0.05) is 40.7 Å². The van der Waals surface area contributed by atoms with E-state index in [1.165, 1.54) is 33.3 Å². The summed E-state index contributed by atoms with van der Waals surface area (Å²) in [5, 5.41) is 4.90. The normalized spacial score (nSPS) is 13.4. The number of carbonyl (C=O) groups is 2. The Bertz CT molecular complexity index is 988. The summed E-state index contributed by atoms with van der Waals surface area (Å²) in [6.45, 7) is 9.44. The molecule has 0 atom stereocenters. The van der Waals surface area contributed by atoms with Gasteiger partial charge in [-0.25, -0.2) is 0 Å². The monoisotopic (exact) mass is 420 g/mol. The molecule has 2 heterocycles. The van der Waals surface area contributed by atoms with E-state index in [1.807, 2.05) is 58.2 Å². The van der Waals surface area contributed by atoms with Gasteiger partial charge in [0.1, 0.15) is 11.2 Å². The summed E-state index contributed by atoms with van der Waals surface area (Å²) in [5.41, 5.74) is -0.800. The van der Waals surface area contributed by atoms with Gasteiger partial charge in [-0.2, -0.15) is 0 Å². The molecule has 0 aliphatic rings. The molecule has 5 nitrogen and oxygen atoms in total. The van der Waals surface area contributed by atoms with Crippen LogP contribution in [-0.4, -0.2) is 22.3 Å². The van der Waals surface area contributed by atoms with Crippen LogP contribution in [0.15, 0.2) is 22.3 Å². The van der Waals surface area contributed by atoms with Crippen LogP contribution in [0.3, 0.4) is 0 Å². The van der Waals surface area contributed by atoms with Gasteiger partial charge in [-0.3, -0.25) is 19.0 Å². The number of aromatic nitrogens is 1. The molecular formula is C21H28N2O3S2. The molecule has 0 aliphatic carbocycles. The van der Waals surface area contributed by atoms with Crippen molar-refractivity contribution in [2.75, 3.05) is 0 Å². The predicted molar refractivity (Wildman–Crippen MR) is 117 cm³/mol. The first-order valence-electron chi connectivity index (χ1n) is 9.46. The van der Waals surface area contributed by atoms with Gasteiger partial charge in [0.25, 0.3) is 5.56 Å². The molecule has 2 rings (SSSR count). The average molecular weight is 421 g/mol. The molecule has 2 aromatic heterocycles. The van der Waals surface area contributed by atoms with E-state index in [-0.39, 0.29) is 29.8 Å². The van der Waals surface area contributed by atoms with Crippen LogP contribution in [0, 0.1) is 5.41 Å². The largest absolute Gasteiger partial charge is 0.352 e. The second-order valence-electron chi connectivity index (χ2n) is 7.70. The fourth-order valence-electron chi connectivity index (χ4n) is 2.53. The van der Waals surface area contributed by atoms with Crippen molar-refractivity contribution < 1.29 is 9.59 Å². The number of carbonyl (C=O) groups excluding carboxylic acids is 2. The zero-order valence-corrected chi connectivity index (χ0v) is 18.7. The van der Waals surface area contributed by atoms with Crippen LogP contribution < -0.4 is 20.1 Å². The number of nitrogens with one attached hydrogen (secondary N) is 1. The lowest BCUT2D eigenvalue weighted by Crippen LogP contribution is -2.41. The Morgan fingerprint density at radius 1 is 1.25 bits per heavy atom. The van der Waals surface area contributed by atoms with Crippen molar-refractivity contribution in [3.05, 3.63) is 41.9 Å². The maximum atomic E-state index is 12.9. The van der Waals surface area contributed by atoms with Gasteiger partial charge in [0.05, 0.1) is 4.53 Å². The van der Waals surface area contributed by atoms with E-state index in [0.717, 1.165) is 17.7 Å². The molecule has 152 valence electrons. The molecule has 0 bridgehead atoms. The lowest BCUT2D eigenvalue weighted by atomic mass is 9.91. The molecule has 7 heteroatoms. The SMILES string of the molecule is CCC(CC)NC(=O)Cn1c(=O)/c(=C\c2cccs2)s/c1=C\C(=O)C(C)(C)C. The molecule has 1 amide bonds. The first-order chi connectivity index (χ1) is 13.2. The van der Waals surface area contributed by atoms with E-state index >= 15 is 0 Å². The molecular weight excluding hydrogens is 392 g/mol. The van der Waals surface area contributed by atoms with E-state index in [0.29, 0.717) is 9.20 Å². The van der Waals surface area contributed by atoms with Gasteiger partial charge >= 0.3 is 0 Å². The van der Waals surface area contributed by atoms with Gasteiger partial charge in [0, 0.05) is 22.4 Å². The Balaban J connectivity index is 2.51. The second-order valence-corrected chi connectivity index (χ2v) is 9.74. The Kier molecular flexibility index (Phi) is 7.55. The highest BCUT2D eigenvalue weighted by atomic mass is 32.1. The molecule has 0 spiro atoms. The lowest BCUT2D eigenvalue weighted by molar-refractivity contribution is -0.122. The number of hydrogen-bond acceptors (Lipinski definition) is 5. The summed E-state index contributed by atoms with van der Waals surface area (Å²) in [5.74, 6) is -0.292. The fraction of sp³-hybridized carbons (Fsp3) is 0.476. The number of hydrogen-bond donors (Lipinski definition) is 1. The number of nitrogens with zero attached hydrogens (tertiary/aromatic N) is 1. The van der Waals surface area contributed by atoms with Crippen molar-refractivity contribution in [1.82, 2.24) is 9.88 Å². The van der Waals surface area contributed by atoms with Gasteiger partial charge < -0.3 is 5.32 Å². The molecule has 2 aromatic rings. The van der Waals surface area contributed by atoms with Crippen LogP contribution in [0.25, 0.3) is 12.2 Å². The first-order valence-corrected chi connectivity index (χ1v) is 11.2. The predicted octanol–water partition coefficient (Wildman–Crippen LogP) is 2.50. The lowest BCUT2D eigenvalue weighted by Gasteiger charge is -2.15. The standard InChI is InChI=1S/C21H28N2O3S2/c1-6-14(7-2)22-18(25)13-23-19(12-17(24)21(3,4)5)28-16(20(23)26)11-15-9-8-10-27-15/h8-12,14H,6-7,13H2,1-5H3,(H,22,25)/b16-11+,19-12-. The Morgan fingerprint density at radius 3 is 2.46 bits per heavy atom. The number of Topliss-reactive ketones (excluding diaryl/α,β-unsaturated/α-hetero) is 1. The molecule has 0 aliphatic heterocycles. The van der Waals surface area contributed by atoms with E-state index in [2.05, 4.69) is 5.32 Å². The third-order valence-electron chi connectivity index (χ3n) is 4.40. The van der Waals surface area contributed by atoms with Crippen molar-refractivity contribution in [2.45, 2.75) is 60.0 Å². The van der Waals surface area contributed by atoms with Crippen molar-refractivity contribution in [2.24, 2.45) is 5.41 Å². The van der Waals surface area contributed by atoms with E-state index in [4.69, 9.17) is 0 Å². The number of thiazole rings is 1. The third-order valence-corrected chi connectivity index (χ3v) is 6.28. The summed E-state index contributed by atoms with van der Waals surface area (Å²) in [4.78, 5) is 38.9. The van der Waals surface area contributed by atoms with E-state index < -0.39 is 5.41 Å². The maximum Gasteiger partial charge on any atom is 0.269 e. The Hall–Kier alpha value is -1.99. The minimum atomic E-state index is -0.555. The Labute approximate surface area is 173 Å². The Morgan fingerprint density at radius 2 is 1.93 bits per heavy atom. The van der Waals surface area contributed by atoms with E-state index in [1.54, 1.807) is 0 Å². The van der Waals surface area contributed by atoms with Gasteiger partial charge in [-0.15, -0.1) is 22.7 Å². The summed E-state index contributed by atoms with van der Waals surface area (Å²) < 4.78 is 2.43. The van der Waals surface area contributed by atoms with Gasteiger partial charge in [0.15, 0.2) is 5.78 Å². The number of ketones is 1. The van der Waals surface area contributed by atoms with Crippen molar-refractivity contribution in [3.8, 4) is 0 Å². The number of amides is 1. The summed E-state index contributed by atoms with van der Waals surface area (Å²) in [6.07, 6.45) is 4.97. The average Bonchev–Trinajstić information content (AvgIpc) is 3.23. The van der Waals surface area contributed by atoms with E-state index in [9.17, 15) is 14.4 Å². The first kappa shape index (κ1) is 22.3. The smallest absolute Gasteiger partial charge is 0.269 e. The highest BCUT2D eigenvalue weighted by Crippen LogP contribution is 2.15. The van der Waals surface area contributed by atoms with Crippen molar-refractivity contribution in [1.29, 1.82) is 0 Å². The van der Waals surface area contributed by atoms with Gasteiger partial charge in [-0.05, 0) is 30.4 Å². The minimum absolute atomic E-state index is 0.0782. The quantitative estimate of drug-likeness (QED) is 0.748. The van der Waals surface area contributed by atoms with Crippen molar-refractivity contribution >= 4 is 46.5 Å². The topological polar surface area (TPSA) is 68.2 Å². The second kappa shape index (κ2) is 9.47. The van der Waals surface area contributed by atoms with Crippen LogP contribution in [0.2, 0.25) is 0 Å². The molecule has 0 saturated heterocycles. The highest BCUT2D eigenvalue weighted by molar-refractivity contribution is 7.11. The number of rotatable bonds is 7. The molecule has 0 radical (unpaired) electrons. The highest BCUT2D eigenvalue weighted by Gasteiger charge is 2.20. The minimum Gasteiger partial charge on any atom is -0.352 e. The summed E-state index contributed by atoms with van der Waals surface area (Å²) >= 11 is 2.78. The summed E-state index contributed by atoms with van der Waals surface area (Å²) in [7, 11) is 0. The third kappa shape index (κ3) is 5.75. The van der Waals surface area contributed by atoms with Crippen LogP contribution in [0.4, 0.5) is 0 Å². The zero-order valence-electron chi connectivity index (χ0n) is 17.1. The van der Waals surface area contributed by atoms with Crippen molar-refractivity contribution in [3.63, 3.8) is 0 Å². The molecule has 0 unspecified atom stereocenters. The molecule has 0 saturated carbocycles. The maximum absolute atomic E-state index is 12.9. The fourth-order valence-corrected chi connectivity index (χ4v) is 4.30. The van der Waals surface area contributed by atoms with Crippen LogP contribution in [0.1, 0.15) is 52.3 Å². The van der Waals surface area contributed by atoms with Crippen LogP contribution in [-0.2, 0) is 16.1 Å². The molecule has 0 fully saturated rings. The molecule has 0 aromatic carbocycles. The summed E-state index contributed by atoms with van der Waals surface area (Å²) in [6, 6.07) is 3.93. The molecule has 1 N–H and O–H groups in total. The van der Waals surface area contributed by atoms with Gasteiger partial charge in [0.2, 0.25) is 5.91 Å². The molecule has 28 heavy (non-hydrogen) atoms. The number of thiophene rings is 1. The van der Waals surface area contributed by atoms with Crippen LogP contribution >= 0.6 is 22.7 Å².